The number of H-pyrrole nitrogens is 1. The summed E-state index contributed by atoms with van der Waals surface area (Å²) in [6, 6.07) is 15.0. The molecule has 2 aromatic carbocycles. The summed E-state index contributed by atoms with van der Waals surface area (Å²) < 4.78 is 5.25. The van der Waals surface area contributed by atoms with Crippen LogP contribution < -0.4 is 15.4 Å². The molecule has 9 nitrogen and oxygen atoms in total. The second kappa shape index (κ2) is 10.9. The Bertz CT molecular complexity index is 1070. The number of nitrogens with zero attached hydrogens (tertiary/aromatic N) is 2. The molecule has 3 aromatic rings. The van der Waals surface area contributed by atoms with E-state index in [1.165, 1.54) is 4.90 Å². The number of aromatic amines is 1. The van der Waals surface area contributed by atoms with Gasteiger partial charge >= 0.3 is 12.1 Å². The van der Waals surface area contributed by atoms with Gasteiger partial charge in [-0.15, -0.1) is 0 Å². The molecule has 4 N–H and O–H groups in total. The molecule has 0 spiro atoms. The summed E-state index contributed by atoms with van der Waals surface area (Å²) >= 11 is 0. The Labute approximate surface area is 198 Å². The lowest BCUT2D eigenvalue weighted by Gasteiger charge is -2.30. The van der Waals surface area contributed by atoms with Crippen molar-refractivity contribution in [3.63, 3.8) is 0 Å². The van der Waals surface area contributed by atoms with Crippen LogP contribution in [0.3, 0.4) is 0 Å². The number of hydrogen-bond donors (Lipinski definition) is 4. The highest BCUT2D eigenvalue weighted by atomic mass is 16.5. The van der Waals surface area contributed by atoms with Crippen molar-refractivity contribution in [2.75, 3.05) is 26.7 Å². The number of benzene rings is 2. The van der Waals surface area contributed by atoms with Gasteiger partial charge in [-0.2, -0.15) is 0 Å². The SMILES string of the molecule is COc1ccc(CC(NC(=O)NCCC2CCN(C(=O)O)CC2)c2nc3ccccc3[nH]2)cc1. The van der Waals surface area contributed by atoms with Crippen molar-refractivity contribution < 1.29 is 19.4 Å². The van der Waals surface area contributed by atoms with E-state index in [4.69, 9.17) is 14.8 Å². The summed E-state index contributed by atoms with van der Waals surface area (Å²) in [5.41, 5.74) is 2.83. The molecule has 0 aliphatic carbocycles. The maximum Gasteiger partial charge on any atom is 0.407 e. The molecule has 4 rings (SSSR count). The third kappa shape index (κ3) is 5.98. The molecular formula is C25H31N5O4. The topological polar surface area (TPSA) is 120 Å². The van der Waals surface area contributed by atoms with E-state index in [-0.39, 0.29) is 12.1 Å². The van der Waals surface area contributed by atoms with Gasteiger partial charge in [0, 0.05) is 19.6 Å². The van der Waals surface area contributed by atoms with Gasteiger partial charge in [0.1, 0.15) is 11.6 Å². The van der Waals surface area contributed by atoms with Crippen molar-refractivity contribution in [2.45, 2.75) is 31.7 Å². The average Bonchev–Trinajstić information content (AvgIpc) is 3.29. The Morgan fingerprint density at radius 1 is 1.18 bits per heavy atom. The number of carboxylic acid groups (broad SMARTS) is 1. The minimum atomic E-state index is -0.857. The number of ether oxygens (including phenoxy) is 1. The van der Waals surface area contributed by atoms with E-state index < -0.39 is 6.09 Å². The zero-order valence-electron chi connectivity index (χ0n) is 19.3. The number of piperidine rings is 1. The van der Waals surface area contributed by atoms with Crippen molar-refractivity contribution >= 4 is 23.2 Å². The normalized spacial score (nSPS) is 15.1. The van der Waals surface area contributed by atoms with Crippen molar-refractivity contribution in [2.24, 2.45) is 5.92 Å². The fourth-order valence-electron chi connectivity index (χ4n) is 4.36. The van der Waals surface area contributed by atoms with Gasteiger partial charge in [-0.05, 0) is 61.4 Å². The van der Waals surface area contributed by atoms with E-state index >= 15 is 0 Å². The van der Waals surface area contributed by atoms with E-state index in [2.05, 4.69) is 15.6 Å². The number of aromatic nitrogens is 2. The van der Waals surface area contributed by atoms with Gasteiger partial charge in [-0.25, -0.2) is 14.6 Å². The highest BCUT2D eigenvalue weighted by Crippen LogP contribution is 2.22. The first kappa shape index (κ1) is 23.4. The first-order valence-electron chi connectivity index (χ1n) is 11.6. The first-order chi connectivity index (χ1) is 16.5. The number of amides is 3. The minimum absolute atomic E-state index is 0.248. The largest absolute Gasteiger partial charge is 0.497 e. The predicted octanol–water partition coefficient (Wildman–Crippen LogP) is 3.93. The fraction of sp³-hybridized carbons (Fsp3) is 0.400. The third-order valence-electron chi connectivity index (χ3n) is 6.37. The molecule has 1 aliphatic rings. The number of carbonyl (C=O) groups excluding carboxylic acids is 1. The van der Waals surface area contributed by atoms with Crippen molar-refractivity contribution in [1.29, 1.82) is 0 Å². The Balaban J connectivity index is 1.36. The molecule has 34 heavy (non-hydrogen) atoms. The zero-order chi connectivity index (χ0) is 23.9. The van der Waals surface area contributed by atoms with Crippen LogP contribution in [-0.4, -0.2) is 58.8 Å². The number of para-hydroxylation sites is 2. The van der Waals surface area contributed by atoms with Crippen LogP contribution in [0.1, 0.15) is 36.7 Å². The number of hydrogen-bond acceptors (Lipinski definition) is 4. The van der Waals surface area contributed by atoms with Gasteiger partial charge in [0.2, 0.25) is 0 Å². The third-order valence-corrected chi connectivity index (χ3v) is 6.37. The summed E-state index contributed by atoms with van der Waals surface area (Å²) in [7, 11) is 1.63. The molecule has 1 fully saturated rings. The van der Waals surface area contributed by atoms with Gasteiger partial charge in [0.15, 0.2) is 0 Å². The fourth-order valence-corrected chi connectivity index (χ4v) is 4.36. The molecule has 1 saturated heterocycles. The monoisotopic (exact) mass is 465 g/mol. The minimum Gasteiger partial charge on any atom is -0.497 e. The quantitative estimate of drug-likeness (QED) is 0.402. The van der Waals surface area contributed by atoms with Crippen LogP contribution in [0.2, 0.25) is 0 Å². The van der Waals surface area contributed by atoms with Gasteiger partial charge in [-0.1, -0.05) is 24.3 Å². The predicted molar refractivity (Wildman–Crippen MR) is 129 cm³/mol. The summed E-state index contributed by atoms with van der Waals surface area (Å²) in [5.74, 6) is 1.90. The average molecular weight is 466 g/mol. The molecule has 1 aliphatic heterocycles. The number of likely N-dealkylation sites (tertiary alicyclic amines) is 1. The van der Waals surface area contributed by atoms with E-state index in [1.54, 1.807) is 7.11 Å². The molecule has 0 saturated carbocycles. The molecule has 9 heteroatoms. The van der Waals surface area contributed by atoms with Crippen molar-refractivity contribution in [1.82, 2.24) is 25.5 Å². The van der Waals surface area contributed by atoms with Crippen LogP contribution in [0.4, 0.5) is 9.59 Å². The van der Waals surface area contributed by atoms with E-state index in [0.717, 1.165) is 41.6 Å². The lowest BCUT2D eigenvalue weighted by molar-refractivity contribution is 0.123. The highest BCUT2D eigenvalue weighted by Gasteiger charge is 2.23. The van der Waals surface area contributed by atoms with Gasteiger partial charge in [0.25, 0.3) is 0 Å². The lowest BCUT2D eigenvalue weighted by Crippen LogP contribution is -2.41. The van der Waals surface area contributed by atoms with Crippen LogP contribution in [0, 0.1) is 5.92 Å². The highest BCUT2D eigenvalue weighted by molar-refractivity contribution is 5.76. The molecule has 0 radical (unpaired) electrons. The summed E-state index contributed by atoms with van der Waals surface area (Å²) in [4.78, 5) is 33.3. The van der Waals surface area contributed by atoms with Gasteiger partial charge in [0.05, 0.1) is 24.2 Å². The Hall–Kier alpha value is -3.75. The van der Waals surface area contributed by atoms with Gasteiger partial charge < -0.3 is 30.4 Å². The molecule has 0 bridgehead atoms. The Kier molecular flexibility index (Phi) is 7.51. The molecule has 3 amide bonds. The lowest BCUT2D eigenvalue weighted by atomic mass is 9.94. The van der Waals surface area contributed by atoms with Crippen LogP contribution in [0.15, 0.2) is 48.5 Å². The summed E-state index contributed by atoms with van der Waals surface area (Å²) in [5, 5.41) is 15.1. The van der Waals surface area contributed by atoms with E-state index in [9.17, 15) is 9.59 Å². The molecular weight excluding hydrogens is 434 g/mol. The Morgan fingerprint density at radius 3 is 2.59 bits per heavy atom. The molecule has 1 aromatic heterocycles. The zero-order valence-corrected chi connectivity index (χ0v) is 19.3. The van der Waals surface area contributed by atoms with Crippen LogP contribution >= 0.6 is 0 Å². The number of nitrogens with one attached hydrogen (secondary N) is 3. The number of imidazole rings is 1. The Morgan fingerprint density at radius 2 is 1.91 bits per heavy atom. The van der Waals surface area contributed by atoms with Crippen LogP contribution in [0.25, 0.3) is 11.0 Å². The second-order valence-corrected chi connectivity index (χ2v) is 8.65. The first-order valence-corrected chi connectivity index (χ1v) is 11.6. The van der Waals surface area contributed by atoms with E-state index in [0.29, 0.717) is 37.8 Å². The van der Waals surface area contributed by atoms with Crippen molar-refractivity contribution in [3.05, 3.63) is 59.9 Å². The van der Waals surface area contributed by atoms with Crippen molar-refractivity contribution in [3.8, 4) is 5.75 Å². The summed E-state index contributed by atoms with van der Waals surface area (Å²) in [6.07, 6.45) is 2.20. The second-order valence-electron chi connectivity index (χ2n) is 8.65. The van der Waals surface area contributed by atoms with Crippen LogP contribution in [0.5, 0.6) is 5.75 Å². The standard InChI is InChI=1S/C25H31N5O4/c1-34-19-8-6-18(7-9-19)16-22(23-27-20-4-2-3-5-21(20)28-23)29-24(31)26-13-10-17-11-14-30(15-12-17)25(32)33/h2-9,17,22H,10-16H2,1H3,(H,27,28)(H,32,33)(H2,26,29,31). The molecule has 2 heterocycles. The van der Waals surface area contributed by atoms with E-state index in [1.807, 2.05) is 48.5 Å². The number of carbonyl (C=O) groups is 2. The molecule has 1 unspecified atom stereocenters. The number of fused-ring (bicyclic) bond motifs is 1. The number of rotatable bonds is 8. The smallest absolute Gasteiger partial charge is 0.407 e. The van der Waals surface area contributed by atoms with Gasteiger partial charge in [-0.3, -0.25) is 0 Å². The van der Waals surface area contributed by atoms with Crippen LogP contribution in [-0.2, 0) is 6.42 Å². The maximum absolute atomic E-state index is 12.7. The number of methoxy groups -OCH3 is 1. The number of urea groups is 1. The molecule has 180 valence electrons. The molecule has 1 atom stereocenters. The summed E-state index contributed by atoms with van der Waals surface area (Å²) in [6.45, 7) is 1.66. The maximum atomic E-state index is 12.7.